The number of barbiturate groups is 1. The monoisotopic (exact) mass is 448 g/mol. The van der Waals surface area contributed by atoms with Gasteiger partial charge in [0.05, 0.1) is 11.6 Å². The molecule has 5 rings (SSSR count). The topological polar surface area (TPSA) is 82.6 Å². The van der Waals surface area contributed by atoms with E-state index in [-0.39, 0.29) is 18.4 Å². The van der Waals surface area contributed by atoms with E-state index < -0.39 is 17.4 Å². The third-order valence-electron chi connectivity index (χ3n) is 7.57. The summed E-state index contributed by atoms with van der Waals surface area (Å²) in [5, 5.41) is 3.56. The molecule has 0 bridgehead atoms. The summed E-state index contributed by atoms with van der Waals surface area (Å²) in [5.74, 6) is 0.0995. The number of hydrogen-bond acceptors (Lipinski definition) is 5. The van der Waals surface area contributed by atoms with Crippen LogP contribution in [0.3, 0.4) is 0 Å². The fraction of sp³-hybridized carbons (Fsp3) is 0.538. The van der Waals surface area contributed by atoms with Crippen molar-refractivity contribution < 1.29 is 14.4 Å². The largest absolute Gasteiger partial charge is 0.352 e. The molecule has 3 aliphatic rings. The zero-order chi connectivity index (χ0) is 23.2. The van der Waals surface area contributed by atoms with Gasteiger partial charge in [-0.15, -0.1) is 0 Å². The lowest BCUT2D eigenvalue weighted by atomic mass is 9.66. The van der Waals surface area contributed by atoms with Gasteiger partial charge in [-0.05, 0) is 56.4 Å². The number of aryl methyl sites for hydroxylation is 1. The second-order valence-corrected chi connectivity index (χ2v) is 9.80. The Labute approximate surface area is 194 Å². The van der Waals surface area contributed by atoms with Gasteiger partial charge in [-0.2, -0.15) is 0 Å². The molecule has 1 aromatic heterocycles. The molecule has 7 nitrogen and oxygen atoms in total. The smallest absolute Gasteiger partial charge is 0.330 e. The number of carbonyl (C=O) groups excluding carboxylic acids is 3. The second kappa shape index (κ2) is 8.43. The first-order valence-electron chi connectivity index (χ1n) is 12.3. The molecule has 7 heteroatoms. The van der Waals surface area contributed by atoms with Crippen LogP contribution in [0.4, 0.5) is 10.6 Å². The summed E-state index contributed by atoms with van der Waals surface area (Å²) >= 11 is 0. The quantitative estimate of drug-likeness (QED) is 0.550. The number of carbonyl (C=O) groups is 3. The first-order valence-corrected chi connectivity index (χ1v) is 12.3. The lowest BCUT2D eigenvalue weighted by Gasteiger charge is -2.53. The molecule has 4 amide bonds. The molecule has 1 aromatic carbocycles. The molecule has 2 fully saturated rings. The van der Waals surface area contributed by atoms with Gasteiger partial charge in [0.1, 0.15) is 5.82 Å². The van der Waals surface area contributed by atoms with E-state index in [1.807, 2.05) is 13.0 Å². The first-order chi connectivity index (χ1) is 16.0. The number of imide groups is 2. The zero-order valence-electron chi connectivity index (χ0n) is 19.5. The fourth-order valence-corrected chi connectivity index (χ4v) is 5.88. The van der Waals surface area contributed by atoms with Crippen LogP contribution in [0.5, 0.6) is 0 Å². The molecule has 0 radical (unpaired) electrons. The number of benzene rings is 1. The van der Waals surface area contributed by atoms with Gasteiger partial charge in [0, 0.05) is 24.9 Å². The van der Waals surface area contributed by atoms with Crippen molar-refractivity contribution in [1.29, 1.82) is 0 Å². The van der Waals surface area contributed by atoms with Crippen LogP contribution < -0.4 is 10.2 Å². The van der Waals surface area contributed by atoms with Gasteiger partial charge >= 0.3 is 6.03 Å². The van der Waals surface area contributed by atoms with E-state index in [0.717, 1.165) is 79.3 Å². The molecule has 1 spiro atoms. The highest BCUT2D eigenvalue weighted by molar-refractivity contribution is 6.20. The Balaban J connectivity index is 1.58. The average molecular weight is 449 g/mol. The van der Waals surface area contributed by atoms with Crippen LogP contribution in [0.1, 0.15) is 63.0 Å². The number of rotatable bonds is 5. The normalized spacial score (nSPS) is 24.8. The number of nitrogens with zero attached hydrogens (tertiary/aromatic N) is 3. The molecule has 174 valence electrons. The summed E-state index contributed by atoms with van der Waals surface area (Å²) in [6, 6.07) is 7.40. The number of aromatic nitrogens is 1. The number of pyridine rings is 1. The summed E-state index contributed by atoms with van der Waals surface area (Å²) in [4.78, 5) is 48.6. The van der Waals surface area contributed by atoms with Crippen molar-refractivity contribution in [3.05, 3.63) is 35.4 Å². The van der Waals surface area contributed by atoms with Crippen LogP contribution in [0.15, 0.2) is 24.3 Å². The number of amides is 4. The zero-order valence-corrected chi connectivity index (χ0v) is 19.5. The minimum Gasteiger partial charge on any atom is -0.352 e. The van der Waals surface area contributed by atoms with E-state index >= 15 is 0 Å². The Morgan fingerprint density at radius 1 is 1.12 bits per heavy atom. The van der Waals surface area contributed by atoms with Crippen LogP contribution in [0.25, 0.3) is 10.9 Å². The maximum Gasteiger partial charge on any atom is 0.330 e. The van der Waals surface area contributed by atoms with E-state index in [4.69, 9.17) is 4.98 Å². The molecule has 0 saturated carbocycles. The average Bonchev–Trinajstić information content (AvgIpc) is 2.81. The number of piperidine rings is 1. The lowest BCUT2D eigenvalue weighted by molar-refractivity contribution is -0.154. The second-order valence-electron chi connectivity index (χ2n) is 9.80. The van der Waals surface area contributed by atoms with Crippen molar-refractivity contribution in [2.24, 2.45) is 5.41 Å². The van der Waals surface area contributed by atoms with Gasteiger partial charge in [-0.1, -0.05) is 37.8 Å². The lowest BCUT2D eigenvalue weighted by Crippen LogP contribution is -2.72. The summed E-state index contributed by atoms with van der Waals surface area (Å²) in [7, 11) is 0. The minimum atomic E-state index is -1.29. The molecule has 1 N–H and O–H groups in total. The van der Waals surface area contributed by atoms with Crippen molar-refractivity contribution in [2.45, 2.75) is 71.3 Å². The summed E-state index contributed by atoms with van der Waals surface area (Å²) in [6.45, 7) is 5.28. The molecule has 3 aliphatic heterocycles. The minimum absolute atomic E-state index is 0.282. The molecule has 4 heterocycles. The number of anilines is 1. The van der Waals surface area contributed by atoms with Gasteiger partial charge in [-0.25, -0.2) is 9.78 Å². The number of nitrogens with one attached hydrogen (secondary N) is 1. The van der Waals surface area contributed by atoms with Crippen LogP contribution in [0.2, 0.25) is 0 Å². The van der Waals surface area contributed by atoms with E-state index in [2.05, 4.69) is 35.3 Å². The van der Waals surface area contributed by atoms with Crippen molar-refractivity contribution in [3.63, 3.8) is 0 Å². The standard InChI is InChI=1S/C26H32N4O3/c1-3-4-5-7-13-30-24(32)26(23(31)28-25(30)33)16-19-15-18-14-17(2)10-11-20(18)27-22(19)29-12-8-6-9-21(26)29/h10-11,14-15,21H,3-9,12-13,16H2,1-2H3,(H,28,31,33)/t21-,26-/m0/s1. The van der Waals surface area contributed by atoms with E-state index in [1.54, 1.807) is 0 Å². The van der Waals surface area contributed by atoms with Crippen molar-refractivity contribution in [3.8, 4) is 0 Å². The molecule has 0 aliphatic carbocycles. The highest BCUT2D eigenvalue weighted by Gasteiger charge is 2.62. The molecular weight excluding hydrogens is 416 g/mol. The van der Waals surface area contributed by atoms with Gasteiger partial charge in [0.2, 0.25) is 11.8 Å². The summed E-state index contributed by atoms with van der Waals surface area (Å²) in [6.07, 6.45) is 6.83. The third kappa shape index (κ3) is 3.49. The van der Waals surface area contributed by atoms with Gasteiger partial charge in [0.15, 0.2) is 5.41 Å². The van der Waals surface area contributed by atoms with Crippen LogP contribution in [0, 0.1) is 12.3 Å². The van der Waals surface area contributed by atoms with Gasteiger partial charge in [0.25, 0.3) is 0 Å². The Kier molecular flexibility index (Phi) is 5.59. The number of fused-ring (bicyclic) bond motifs is 5. The van der Waals surface area contributed by atoms with Gasteiger partial charge in [-0.3, -0.25) is 19.8 Å². The van der Waals surface area contributed by atoms with E-state index in [0.29, 0.717) is 6.54 Å². The van der Waals surface area contributed by atoms with Crippen molar-refractivity contribution in [2.75, 3.05) is 18.0 Å². The first kappa shape index (κ1) is 21.9. The SMILES string of the molecule is CCCCCCN1C(=O)NC(=O)[C@@]2(Cc3cc4cc(C)ccc4nc3N3CCCC[C@H]32)C1=O. The number of urea groups is 1. The number of unbranched alkanes of at least 4 members (excludes halogenated alkanes) is 3. The Bertz CT molecular complexity index is 1130. The maximum absolute atomic E-state index is 14.0. The highest BCUT2D eigenvalue weighted by atomic mass is 16.2. The summed E-state index contributed by atoms with van der Waals surface area (Å²) < 4.78 is 0. The Morgan fingerprint density at radius 2 is 1.97 bits per heavy atom. The Morgan fingerprint density at radius 3 is 2.79 bits per heavy atom. The molecular formula is C26H32N4O3. The maximum atomic E-state index is 14.0. The van der Waals surface area contributed by atoms with Crippen LogP contribution >= 0.6 is 0 Å². The summed E-state index contributed by atoms with van der Waals surface area (Å²) in [5.41, 5.74) is 1.69. The molecule has 2 saturated heterocycles. The fourth-order valence-electron chi connectivity index (χ4n) is 5.88. The molecule has 2 atom stereocenters. The van der Waals surface area contributed by atoms with E-state index in [9.17, 15) is 14.4 Å². The molecule has 0 unspecified atom stereocenters. The van der Waals surface area contributed by atoms with Gasteiger partial charge < -0.3 is 4.90 Å². The third-order valence-corrected chi connectivity index (χ3v) is 7.57. The predicted octanol–water partition coefficient (Wildman–Crippen LogP) is 4.10. The van der Waals surface area contributed by atoms with Crippen molar-refractivity contribution >= 4 is 34.6 Å². The number of hydrogen-bond donors (Lipinski definition) is 1. The van der Waals surface area contributed by atoms with Crippen LogP contribution in [-0.2, 0) is 16.0 Å². The molecule has 2 aromatic rings. The van der Waals surface area contributed by atoms with Crippen LogP contribution in [-0.4, -0.2) is 46.9 Å². The highest BCUT2D eigenvalue weighted by Crippen LogP contribution is 2.47. The van der Waals surface area contributed by atoms with E-state index in [1.165, 1.54) is 4.90 Å². The Hall–Kier alpha value is -2.96. The van der Waals surface area contributed by atoms with Crippen molar-refractivity contribution in [1.82, 2.24) is 15.2 Å². The predicted molar refractivity (Wildman–Crippen MR) is 127 cm³/mol. The molecule has 33 heavy (non-hydrogen) atoms.